The minimum atomic E-state index is -0.611. The lowest BCUT2D eigenvalue weighted by atomic mass is 10.1. The lowest BCUT2D eigenvalue weighted by molar-refractivity contribution is -0.146. The van der Waals surface area contributed by atoms with Gasteiger partial charge in [0.25, 0.3) is 5.91 Å². The van der Waals surface area contributed by atoms with Gasteiger partial charge in [-0.05, 0) is 35.4 Å². The Bertz CT molecular complexity index is 767. The molecule has 0 bridgehead atoms. The van der Waals surface area contributed by atoms with Crippen molar-refractivity contribution in [2.75, 3.05) is 11.9 Å². The van der Waals surface area contributed by atoms with E-state index in [4.69, 9.17) is 10.00 Å². The zero-order valence-corrected chi connectivity index (χ0v) is 12.8. The van der Waals surface area contributed by atoms with Crippen LogP contribution >= 0.6 is 0 Å². The van der Waals surface area contributed by atoms with Gasteiger partial charge in [-0.1, -0.05) is 24.3 Å². The molecule has 0 saturated carbocycles. The van der Waals surface area contributed by atoms with Gasteiger partial charge in [0, 0.05) is 5.69 Å². The van der Waals surface area contributed by atoms with Crippen molar-refractivity contribution in [1.29, 1.82) is 5.26 Å². The second-order valence-electron chi connectivity index (χ2n) is 5.05. The van der Waals surface area contributed by atoms with E-state index in [-0.39, 0.29) is 6.42 Å². The van der Waals surface area contributed by atoms with Crippen LogP contribution < -0.4 is 5.32 Å². The van der Waals surface area contributed by atoms with E-state index in [9.17, 15) is 14.0 Å². The molecule has 5 nitrogen and oxygen atoms in total. The normalized spacial score (nSPS) is 9.83. The molecule has 0 unspecified atom stereocenters. The van der Waals surface area contributed by atoms with Crippen LogP contribution in [-0.2, 0) is 27.2 Å². The fourth-order valence-electron chi connectivity index (χ4n) is 2.00. The maximum atomic E-state index is 13.0. The molecule has 0 atom stereocenters. The number of carbonyl (C=O) groups is 2. The number of hydrogen-bond donors (Lipinski definition) is 1. The third-order valence-electron chi connectivity index (χ3n) is 3.12. The van der Waals surface area contributed by atoms with Gasteiger partial charge in [-0.3, -0.25) is 9.59 Å². The number of benzene rings is 2. The van der Waals surface area contributed by atoms with Gasteiger partial charge in [0.15, 0.2) is 6.61 Å². The summed E-state index contributed by atoms with van der Waals surface area (Å²) in [5.74, 6) is -1.52. The average Bonchev–Trinajstić information content (AvgIpc) is 2.55. The first kappa shape index (κ1) is 17.2. The summed E-state index contributed by atoms with van der Waals surface area (Å²) in [6, 6.07) is 14.5. The summed E-state index contributed by atoms with van der Waals surface area (Å²) >= 11 is 0. The van der Waals surface area contributed by atoms with Gasteiger partial charge in [-0.2, -0.15) is 5.26 Å². The number of ether oxygens (including phenoxy) is 1. The Balaban J connectivity index is 1.78. The molecule has 0 aliphatic carbocycles. The van der Waals surface area contributed by atoms with Crippen molar-refractivity contribution in [3.63, 3.8) is 0 Å². The number of nitriles is 1. The Morgan fingerprint density at radius 1 is 1.12 bits per heavy atom. The molecule has 0 heterocycles. The maximum Gasteiger partial charge on any atom is 0.310 e. The highest BCUT2D eigenvalue weighted by atomic mass is 19.1. The van der Waals surface area contributed by atoms with Crippen molar-refractivity contribution in [2.24, 2.45) is 0 Å². The van der Waals surface area contributed by atoms with Crippen LogP contribution in [0.1, 0.15) is 11.1 Å². The number of hydrogen-bond acceptors (Lipinski definition) is 4. The number of rotatable bonds is 6. The van der Waals surface area contributed by atoms with Gasteiger partial charge in [-0.15, -0.1) is 0 Å². The molecule has 0 aliphatic heterocycles. The highest BCUT2D eigenvalue weighted by Gasteiger charge is 2.09. The Morgan fingerprint density at radius 3 is 2.54 bits per heavy atom. The van der Waals surface area contributed by atoms with Crippen LogP contribution in [0.25, 0.3) is 0 Å². The molecule has 0 aromatic heterocycles. The molecular formula is C18H15FN2O3. The van der Waals surface area contributed by atoms with E-state index >= 15 is 0 Å². The van der Waals surface area contributed by atoms with E-state index in [0.29, 0.717) is 17.7 Å². The summed E-state index contributed by atoms with van der Waals surface area (Å²) in [5.41, 5.74) is 1.87. The third-order valence-corrected chi connectivity index (χ3v) is 3.12. The summed E-state index contributed by atoms with van der Waals surface area (Å²) in [6.45, 7) is -0.423. The molecule has 2 aromatic rings. The fraction of sp³-hybridized carbons (Fsp3) is 0.167. The van der Waals surface area contributed by atoms with Gasteiger partial charge >= 0.3 is 5.97 Å². The van der Waals surface area contributed by atoms with Crippen molar-refractivity contribution < 1.29 is 18.7 Å². The van der Waals surface area contributed by atoms with Gasteiger partial charge in [0.2, 0.25) is 0 Å². The van der Waals surface area contributed by atoms with E-state index < -0.39 is 24.3 Å². The Labute approximate surface area is 138 Å². The van der Waals surface area contributed by atoms with Gasteiger partial charge in [0.05, 0.1) is 18.9 Å². The summed E-state index contributed by atoms with van der Waals surface area (Å²) in [7, 11) is 0. The molecule has 2 rings (SSSR count). The Morgan fingerprint density at radius 2 is 1.88 bits per heavy atom. The van der Waals surface area contributed by atoms with Crippen LogP contribution in [0.2, 0.25) is 0 Å². The topological polar surface area (TPSA) is 79.2 Å². The van der Waals surface area contributed by atoms with Crippen molar-refractivity contribution >= 4 is 17.6 Å². The molecule has 0 spiro atoms. The molecule has 122 valence electrons. The smallest absolute Gasteiger partial charge is 0.310 e. The van der Waals surface area contributed by atoms with Crippen LogP contribution in [0.4, 0.5) is 10.1 Å². The lowest BCUT2D eigenvalue weighted by Gasteiger charge is -2.07. The molecule has 6 heteroatoms. The van der Waals surface area contributed by atoms with Crippen LogP contribution in [0.15, 0.2) is 48.5 Å². The van der Waals surface area contributed by atoms with Crippen LogP contribution in [0, 0.1) is 17.1 Å². The molecule has 0 aliphatic rings. The Kier molecular flexibility index (Phi) is 6.03. The standard InChI is InChI=1S/C18H15FN2O3/c19-15-3-1-2-14(10-15)11-18(23)24-12-17(22)21-16-6-4-13(5-7-16)8-9-20/h1-7,10H,8,11-12H2,(H,21,22). The molecule has 24 heavy (non-hydrogen) atoms. The second-order valence-corrected chi connectivity index (χ2v) is 5.05. The quantitative estimate of drug-likeness (QED) is 0.828. The fourth-order valence-corrected chi connectivity index (χ4v) is 2.00. The lowest BCUT2D eigenvalue weighted by Crippen LogP contribution is -2.21. The number of halogens is 1. The van der Waals surface area contributed by atoms with Crippen LogP contribution in [0.5, 0.6) is 0 Å². The van der Waals surface area contributed by atoms with E-state index in [1.807, 2.05) is 6.07 Å². The van der Waals surface area contributed by atoms with E-state index in [1.54, 1.807) is 30.3 Å². The van der Waals surface area contributed by atoms with E-state index in [2.05, 4.69) is 5.32 Å². The number of carbonyl (C=O) groups excluding carboxylic acids is 2. The Hall–Kier alpha value is -3.20. The van der Waals surface area contributed by atoms with Gasteiger partial charge in [-0.25, -0.2) is 4.39 Å². The van der Waals surface area contributed by atoms with Crippen molar-refractivity contribution in [3.8, 4) is 6.07 Å². The number of nitrogens with zero attached hydrogens (tertiary/aromatic N) is 1. The molecule has 0 radical (unpaired) electrons. The molecule has 1 N–H and O–H groups in total. The van der Waals surface area contributed by atoms with Gasteiger partial charge < -0.3 is 10.1 Å². The number of esters is 1. The minimum absolute atomic E-state index is 0.103. The van der Waals surface area contributed by atoms with Crippen LogP contribution in [-0.4, -0.2) is 18.5 Å². The second kappa shape index (κ2) is 8.44. The molecule has 0 saturated heterocycles. The summed E-state index contributed by atoms with van der Waals surface area (Å²) in [5, 5.41) is 11.2. The highest BCUT2D eigenvalue weighted by molar-refractivity contribution is 5.92. The summed E-state index contributed by atoms with van der Waals surface area (Å²) in [6.07, 6.45) is 0.194. The summed E-state index contributed by atoms with van der Waals surface area (Å²) in [4.78, 5) is 23.4. The largest absolute Gasteiger partial charge is 0.455 e. The maximum absolute atomic E-state index is 13.0. The van der Waals surface area contributed by atoms with Gasteiger partial charge in [0.1, 0.15) is 5.82 Å². The number of anilines is 1. The SMILES string of the molecule is N#CCc1ccc(NC(=O)COC(=O)Cc2cccc(F)c2)cc1. The van der Waals surface area contributed by atoms with E-state index in [1.165, 1.54) is 18.2 Å². The molecule has 0 fully saturated rings. The third kappa shape index (κ3) is 5.54. The van der Waals surface area contributed by atoms with Crippen LogP contribution in [0.3, 0.4) is 0 Å². The van der Waals surface area contributed by atoms with Crippen molar-refractivity contribution in [2.45, 2.75) is 12.8 Å². The first-order valence-corrected chi connectivity index (χ1v) is 7.22. The highest BCUT2D eigenvalue weighted by Crippen LogP contribution is 2.10. The first-order valence-electron chi connectivity index (χ1n) is 7.22. The first-order chi connectivity index (χ1) is 11.6. The van der Waals surface area contributed by atoms with Crippen molar-refractivity contribution in [3.05, 3.63) is 65.5 Å². The monoisotopic (exact) mass is 326 g/mol. The van der Waals surface area contributed by atoms with Crippen molar-refractivity contribution in [1.82, 2.24) is 0 Å². The van der Waals surface area contributed by atoms with E-state index in [0.717, 1.165) is 5.56 Å². The molecule has 1 amide bonds. The minimum Gasteiger partial charge on any atom is -0.455 e. The average molecular weight is 326 g/mol. The number of nitrogens with one attached hydrogen (secondary N) is 1. The number of amides is 1. The predicted octanol–water partition coefficient (Wildman–Crippen LogP) is 2.62. The zero-order valence-electron chi connectivity index (χ0n) is 12.8. The molecule has 2 aromatic carbocycles. The molecular weight excluding hydrogens is 311 g/mol. The summed E-state index contributed by atoms with van der Waals surface area (Å²) < 4.78 is 17.9. The predicted molar refractivity (Wildman–Crippen MR) is 85.5 cm³/mol. The zero-order chi connectivity index (χ0) is 17.4.